The summed E-state index contributed by atoms with van der Waals surface area (Å²) in [7, 11) is 1.67. The first kappa shape index (κ1) is 13.4. The Kier molecular flexibility index (Phi) is 3.63. The van der Waals surface area contributed by atoms with E-state index in [4.69, 9.17) is 9.47 Å². The van der Waals surface area contributed by atoms with Crippen molar-refractivity contribution in [2.24, 2.45) is 0 Å². The number of rotatable bonds is 4. The number of hydrogen-bond donors (Lipinski definition) is 2. The molecule has 0 bridgehead atoms. The number of carbonyl (C=O) groups is 1. The van der Waals surface area contributed by atoms with E-state index < -0.39 is 0 Å². The van der Waals surface area contributed by atoms with Crippen molar-refractivity contribution in [2.75, 3.05) is 32.2 Å². The van der Waals surface area contributed by atoms with Crippen LogP contribution in [0.4, 0.5) is 5.69 Å². The van der Waals surface area contributed by atoms with Crippen LogP contribution in [0.2, 0.25) is 0 Å². The van der Waals surface area contributed by atoms with Gasteiger partial charge in [0.1, 0.15) is 11.6 Å². The van der Waals surface area contributed by atoms with Gasteiger partial charge in [-0.15, -0.1) is 0 Å². The number of methoxy groups -OCH3 is 1. The Labute approximate surface area is 118 Å². The third-order valence-corrected chi connectivity index (χ3v) is 4.17. The SMILES string of the molecule is COC1(CNC(=O)C2Cc3ccccc3N2)CCOC1. The number of fused-ring (bicyclic) bond motifs is 1. The molecule has 1 aromatic rings. The van der Waals surface area contributed by atoms with Gasteiger partial charge in [0.15, 0.2) is 0 Å². The fraction of sp³-hybridized carbons (Fsp3) is 0.533. The summed E-state index contributed by atoms with van der Waals surface area (Å²) in [5.41, 5.74) is 1.89. The highest BCUT2D eigenvalue weighted by molar-refractivity contribution is 5.87. The topological polar surface area (TPSA) is 59.6 Å². The molecule has 0 spiro atoms. The Bertz CT molecular complexity index is 473. The lowest BCUT2D eigenvalue weighted by atomic mass is 10.0. The Morgan fingerprint density at radius 2 is 2.40 bits per heavy atom. The van der Waals surface area contributed by atoms with Gasteiger partial charge in [0, 0.05) is 38.8 Å². The summed E-state index contributed by atoms with van der Waals surface area (Å²) < 4.78 is 10.9. The molecule has 1 aromatic carbocycles. The summed E-state index contributed by atoms with van der Waals surface area (Å²) in [6.07, 6.45) is 1.56. The van der Waals surface area contributed by atoms with Crippen molar-refractivity contribution in [1.82, 2.24) is 5.32 Å². The van der Waals surface area contributed by atoms with Crippen molar-refractivity contribution < 1.29 is 14.3 Å². The zero-order valence-corrected chi connectivity index (χ0v) is 11.6. The molecule has 1 fully saturated rings. The van der Waals surface area contributed by atoms with Crippen LogP contribution in [-0.4, -0.2) is 44.4 Å². The van der Waals surface area contributed by atoms with E-state index in [-0.39, 0.29) is 17.6 Å². The van der Waals surface area contributed by atoms with Crippen molar-refractivity contribution in [3.05, 3.63) is 29.8 Å². The van der Waals surface area contributed by atoms with Crippen molar-refractivity contribution >= 4 is 11.6 Å². The van der Waals surface area contributed by atoms with Crippen molar-refractivity contribution in [3.8, 4) is 0 Å². The van der Waals surface area contributed by atoms with Crippen molar-refractivity contribution in [2.45, 2.75) is 24.5 Å². The molecule has 2 aliphatic heterocycles. The molecule has 1 amide bonds. The molecule has 0 aromatic heterocycles. The second kappa shape index (κ2) is 5.42. The standard InChI is InChI=1S/C15H20N2O3/c1-19-15(6-7-20-10-15)9-16-14(18)13-8-11-4-2-3-5-12(11)17-13/h2-5,13,17H,6-10H2,1H3,(H,16,18). The fourth-order valence-corrected chi connectivity index (χ4v) is 2.79. The molecule has 0 aliphatic carbocycles. The highest BCUT2D eigenvalue weighted by Gasteiger charge is 2.36. The molecule has 1 saturated heterocycles. The molecule has 0 radical (unpaired) electrons. The summed E-state index contributed by atoms with van der Waals surface area (Å²) in [4.78, 5) is 12.3. The average Bonchev–Trinajstić information content (AvgIpc) is 3.12. The van der Waals surface area contributed by atoms with Crippen LogP contribution < -0.4 is 10.6 Å². The van der Waals surface area contributed by atoms with E-state index >= 15 is 0 Å². The van der Waals surface area contributed by atoms with Crippen LogP contribution in [0.1, 0.15) is 12.0 Å². The van der Waals surface area contributed by atoms with Gasteiger partial charge < -0.3 is 20.1 Å². The number of amides is 1. The third-order valence-electron chi connectivity index (χ3n) is 4.17. The van der Waals surface area contributed by atoms with Crippen LogP contribution in [0.15, 0.2) is 24.3 Å². The quantitative estimate of drug-likeness (QED) is 0.859. The Balaban J connectivity index is 1.56. The van der Waals surface area contributed by atoms with Gasteiger partial charge in [0.2, 0.25) is 5.91 Å². The lowest BCUT2D eigenvalue weighted by Crippen LogP contribution is -2.48. The largest absolute Gasteiger partial charge is 0.378 e. The number of benzene rings is 1. The molecule has 2 atom stereocenters. The number of nitrogens with one attached hydrogen (secondary N) is 2. The Hall–Kier alpha value is -1.59. The highest BCUT2D eigenvalue weighted by atomic mass is 16.5. The van der Waals surface area contributed by atoms with E-state index in [0.29, 0.717) is 19.8 Å². The maximum absolute atomic E-state index is 12.3. The zero-order chi connectivity index (χ0) is 14.0. The Morgan fingerprint density at radius 3 is 3.10 bits per heavy atom. The molecule has 2 aliphatic rings. The molecule has 5 nitrogen and oxygen atoms in total. The minimum atomic E-state index is -0.360. The van der Waals surface area contributed by atoms with E-state index in [1.54, 1.807) is 7.11 Å². The van der Waals surface area contributed by atoms with Crippen LogP contribution in [0.5, 0.6) is 0 Å². The number of anilines is 1. The van der Waals surface area contributed by atoms with Gasteiger partial charge in [-0.1, -0.05) is 18.2 Å². The van der Waals surface area contributed by atoms with E-state index in [1.165, 1.54) is 5.56 Å². The fourth-order valence-electron chi connectivity index (χ4n) is 2.79. The molecular weight excluding hydrogens is 256 g/mol. The van der Waals surface area contributed by atoms with E-state index in [1.807, 2.05) is 18.2 Å². The first-order valence-electron chi connectivity index (χ1n) is 6.97. The van der Waals surface area contributed by atoms with Gasteiger partial charge in [0.05, 0.1) is 6.61 Å². The average molecular weight is 276 g/mol. The molecule has 2 heterocycles. The second-order valence-corrected chi connectivity index (χ2v) is 5.47. The minimum Gasteiger partial charge on any atom is -0.378 e. The van der Waals surface area contributed by atoms with Crippen LogP contribution in [0, 0.1) is 0 Å². The second-order valence-electron chi connectivity index (χ2n) is 5.47. The summed E-state index contributed by atoms with van der Waals surface area (Å²) in [5.74, 6) is 0.0181. The molecule has 2 N–H and O–H groups in total. The normalized spacial score (nSPS) is 27.9. The van der Waals surface area contributed by atoms with Crippen molar-refractivity contribution in [1.29, 1.82) is 0 Å². The lowest BCUT2D eigenvalue weighted by Gasteiger charge is -2.26. The number of hydrogen-bond acceptors (Lipinski definition) is 4. The number of para-hydroxylation sites is 1. The molecule has 5 heteroatoms. The lowest BCUT2D eigenvalue weighted by molar-refractivity contribution is -0.123. The first-order valence-corrected chi connectivity index (χ1v) is 6.97. The van der Waals surface area contributed by atoms with Crippen LogP contribution in [0.3, 0.4) is 0 Å². The summed E-state index contributed by atoms with van der Waals surface area (Å²) >= 11 is 0. The third kappa shape index (κ3) is 2.51. The van der Waals surface area contributed by atoms with Gasteiger partial charge in [-0.3, -0.25) is 4.79 Å². The number of ether oxygens (including phenoxy) is 2. The maximum Gasteiger partial charge on any atom is 0.242 e. The molecule has 20 heavy (non-hydrogen) atoms. The van der Waals surface area contributed by atoms with Crippen LogP contribution in [-0.2, 0) is 20.7 Å². The number of carbonyl (C=O) groups excluding carboxylic acids is 1. The van der Waals surface area contributed by atoms with Gasteiger partial charge in [-0.2, -0.15) is 0 Å². The van der Waals surface area contributed by atoms with Crippen LogP contribution >= 0.6 is 0 Å². The molecule has 2 unspecified atom stereocenters. The van der Waals surface area contributed by atoms with Gasteiger partial charge in [0.25, 0.3) is 0 Å². The summed E-state index contributed by atoms with van der Waals surface area (Å²) in [5, 5.41) is 6.24. The summed E-state index contributed by atoms with van der Waals surface area (Å²) in [6, 6.07) is 7.84. The van der Waals surface area contributed by atoms with E-state index in [9.17, 15) is 4.79 Å². The molecular formula is C15H20N2O3. The van der Waals surface area contributed by atoms with Gasteiger partial charge in [-0.05, 0) is 11.6 Å². The molecule has 108 valence electrons. The maximum atomic E-state index is 12.3. The van der Waals surface area contributed by atoms with Gasteiger partial charge >= 0.3 is 0 Å². The smallest absolute Gasteiger partial charge is 0.242 e. The van der Waals surface area contributed by atoms with Crippen LogP contribution in [0.25, 0.3) is 0 Å². The zero-order valence-electron chi connectivity index (χ0n) is 11.6. The van der Waals surface area contributed by atoms with Gasteiger partial charge in [-0.25, -0.2) is 0 Å². The highest BCUT2D eigenvalue weighted by Crippen LogP contribution is 2.25. The van der Waals surface area contributed by atoms with E-state index in [2.05, 4.69) is 16.7 Å². The molecule has 0 saturated carbocycles. The minimum absolute atomic E-state index is 0.0181. The summed E-state index contributed by atoms with van der Waals surface area (Å²) in [6.45, 7) is 1.73. The molecule has 3 rings (SSSR count). The predicted molar refractivity (Wildman–Crippen MR) is 75.7 cm³/mol. The predicted octanol–water partition coefficient (Wildman–Crippen LogP) is 0.945. The first-order chi connectivity index (χ1) is 9.72. The van der Waals surface area contributed by atoms with Crippen molar-refractivity contribution in [3.63, 3.8) is 0 Å². The van der Waals surface area contributed by atoms with E-state index in [0.717, 1.165) is 18.5 Å². The Morgan fingerprint density at radius 1 is 1.55 bits per heavy atom. The monoisotopic (exact) mass is 276 g/mol.